The van der Waals surface area contributed by atoms with Gasteiger partial charge in [-0.3, -0.25) is 9.78 Å². The molecule has 5 heteroatoms. The number of carbonyl (C=O) groups excluding carboxylic acids is 1. The summed E-state index contributed by atoms with van der Waals surface area (Å²) in [6, 6.07) is 9.83. The van der Waals surface area contributed by atoms with Gasteiger partial charge in [0.2, 0.25) is 5.95 Å². The average molecular weight is 259 g/mol. The fourth-order valence-corrected chi connectivity index (χ4v) is 1.65. The summed E-state index contributed by atoms with van der Waals surface area (Å²) < 4.78 is 12.9. The summed E-state index contributed by atoms with van der Waals surface area (Å²) in [5.41, 5.74) is 1.03. The second-order valence-corrected chi connectivity index (χ2v) is 4.14. The molecule has 0 bridgehead atoms. The normalized spacial score (nSPS) is 10.2. The maximum atomic E-state index is 12.9. The third kappa shape index (κ3) is 3.58. The van der Waals surface area contributed by atoms with Crippen molar-refractivity contribution in [2.45, 2.75) is 6.42 Å². The zero-order chi connectivity index (χ0) is 13.7. The van der Waals surface area contributed by atoms with Gasteiger partial charge in [-0.2, -0.15) is 4.39 Å². The van der Waals surface area contributed by atoms with Crippen LogP contribution in [-0.4, -0.2) is 34.4 Å². The number of hydrogen-bond acceptors (Lipinski definition) is 3. The first kappa shape index (κ1) is 13.1. The first-order chi connectivity index (χ1) is 9.16. The molecule has 2 aromatic heterocycles. The number of amides is 1. The quantitative estimate of drug-likeness (QED) is 0.788. The lowest BCUT2D eigenvalue weighted by atomic mass is 10.2. The highest BCUT2D eigenvalue weighted by atomic mass is 19.1. The number of pyridine rings is 2. The van der Waals surface area contributed by atoms with Crippen LogP contribution in [-0.2, 0) is 6.42 Å². The fourth-order valence-electron chi connectivity index (χ4n) is 1.65. The van der Waals surface area contributed by atoms with Crippen molar-refractivity contribution >= 4 is 5.91 Å². The van der Waals surface area contributed by atoms with Crippen molar-refractivity contribution in [3.05, 3.63) is 59.9 Å². The Kier molecular flexibility index (Phi) is 4.18. The van der Waals surface area contributed by atoms with Crippen molar-refractivity contribution < 1.29 is 9.18 Å². The van der Waals surface area contributed by atoms with Crippen LogP contribution in [0, 0.1) is 5.95 Å². The summed E-state index contributed by atoms with van der Waals surface area (Å²) in [5.74, 6) is -0.945. The van der Waals surface area contributed by atoms with Crippen molar-refractivity contribution in [2.24, 2.45) is 0 Å². The van der Waals surface area contributed by atoms with Crippen molar-refractivity contribution in [1.29, 1.82) is 0 Å². The molecule has 1 amide bonds. The molecule has 0 aliphatic heterocycles. The van der Waals surface area contributed by atoms with Crippen LogP contribution < -0.4 is 0 Å². The van der Waals surface area contributed by atoms with E-state index in [1.807, 2.05) is 18.2 Å². The summed E-state index contributed by atoms with van der Waals surface area (Å²) in [6.07, 6.45) is 2.36. The minimum absolute atomic E-state index is 0.114. The minimum Gasteiger partial charge on any atom is -0.340 e. The molecule has 0 aliphatic rings. The van der Waals surface area contributed by atoms with E-state index in [4.69, 9.17) is 0 Å². The predicted octanol–water partition coefficient (Wildman–Crippen LogP) is 1.93. The van der Waals surface area contributed by atoms with Gasteiger partial charge >= 0.3 is 0 Å². The molecule has 0 atom stereocenters. The van der Waals surface area contributed by atoms with Gasteiger partial charge in [0.1, 0.15) is 5.69 Å². The Morgan fingerprint density at radius 2 is 2.11 bits per heavy atom. The van der Waals surface area contributed by atoms with Gasteiger partial charge < -0.3 is 4.90 Å². The van der Waals surface area contributed by atoms with E-state index in [1.165, 1.54) is 23.1 Å². The summed E-state index contributed by atoms with van der Waals surface area (Å²) in [4.78, 5) is 21.3. The molecule has 0 aliphatic carbocycles. The average Bonchev–Trinajstić information content (AvgIpc) is 2.45. The van der Waals surface area contributed by atoms with Gasteiger partial charge in [-0.05, 0) is 24.3 Å². The van der Waals surface area contributed by atoms with Gasteiger partial charge in [0.05, 0.1) is 0 Å². The molecule has 0 saturated carbocycles. The Hall–Kier alpha value is -2.30. The van der Waals surface area contributed by atoms with E-state index in [1.54, 1.807) is 13.2 Å². The van der Waals surface area contributed by atoms with Crippen molar-refractivity contribution in [1.82, 2.24) is 14.9 Å². The number of rotatable bonds is 4. The number of likely N-dealkylation sites (N-methyl/N-ethyl adjacent to an activating group) is 1. The van der Waals surface area contributed by atoms with Crippen LogP contribution >= 0.6 is 0 Å². The summed E-state index contributed by atoms with van der Waals surface area (Å²) in [7, 11) is 1.66. The van der Waals surface area contributed by atoms with E-state index in [0.29, 0.717) is 13.0 Å². The first-order valence-corrected chi connectivity index (χ1v) is 5.95. The van der Waals surface area contributed by atoms with Crippen molar-refractivity contribution in [3.63, 3.8) is 0 Å². The monoisotopic (exact) mass is 259 g/mol. The zero-order valence-corrected chi connectivity index (χ0v) is 10.6. The molecule has 2 aromatic rings. The maximum Gasteiger partial charge on any atom is 0.272 e. The third-order valence-corrected chi connectivity index (χ3v) is 2.71. The van der Waals surface area contributed by atoms with Gasteiger partial charge in [-0.15, -0.1) is 0 Å². The fraction of sp³-hybridized carbons (Fsp3) is 0.214. The van der Waals surface area contributed by atoms with Crippen LogP contribution in [0.5, 0.6) is 0 Å². The van der Waals surface area contributed by atoms with Crippen LogP contribution in [0.15, 0.2) is 42.6 Å². The lowest BCUT2D eigenvalue weighted by Gasteiger charge is -2.16. The second kappa shape index (κ2) is 6.04. The van der Waals surface area contributed by atoms with Crippen LogP contribution in [0.3, 0.4) is 0 Å². The largest absolute Gasteiger partial charge is 0.340 e. The van der Waals surface area contributed by atoms with Crippen molar-refractivity contribution in [2.75, 3.05) is 13.6 Å². The standard InChI is InChI=1S/C14H14FN3O/c1-18(10-8-11-5-2-3-9-16-11)14(19)12-6-4-7-13(15)17-12/h2-7,9H,8,10H2,1H3. The maximum absolute atomic E-state index is 12.9. The number of nitrogens with zero attached hydrogens (tertiary/aromatic N) is 3. The molecule has 0 N–H and O–H groups in total. The molecule has 2 heterocycles. The van der Waals surface area contributed by atoms with Crippen molar-refractivity contribution in [3.8, 4) is 0 Å². The highest BCUT2D eigenvalue weighted by molar-refractivity contribution is 5.92. The molecule has 0 aromatic carbocycles. The lowest BCUT2D eigenvalue weighted by molar-refractivity contribution is 0.0789. The number of hydrogen-bond donors (Lipinski definition) is 0. The van der Waals surface area contributed by atoms with E-state index in [-0.39, 0.29) is 11.6 Å². The molecular formula is C14H14FN3O. The van der Waals surface area contributed by atoms with Crippen LogP contribution in [0.25, 0.3) is 0 Å². The molecule has 4 nitrogen and oxygen atoms in total. The Labute approximate surface area is 110 Å². The highest BCUT2D eigenvalue weighted by Gasteiger charge is 2.13. The molecule has 98 valence electrons. The van der Waals surface area contributed by atoms with Gasteiger partial charge in [0, 0.05) is 31.9 Å². The Morgan fingerprint density at radius 3 is 2.79 bits per heavy atom. The van der Waals surface area contributed by atoms with E-state index < -0.39 is 5.95 Å². The zero-order valence-electron chi connectivity index (χ0n) is 10.6. The molecule has 0 unspecified atom stereocenters. The van der Waals surface area contributed by atoms with Gasteiger partial charge in [-0.25, -0.2) is 4.98 Å². The van der Waals surface area contributed by atoms with Gasteiger partial charge in [0.15, 0.2) is 0 Å². The Morgan fingerprint density at radius 1 is 1.26 bits per heavy atom. The van der Waals surface area contributed by atoms with E-state index in [2.05, 4.69) is 9.97 Å². The topological polar surface area (TPSA) is 46.1 Å². The highest BCUT2D eigenvalue weighted by Crippen LogP contribution is 2.03. The molecule has 0 fully saturated rings. The van der Waals surface area contributed by atoms with Crippen LogP contribution in [0.4, 0.5) is 4.39 Å². The van der Waals surface area contributed by atoms with Crippen LogP contribution in [0.2, 0.25) is 0 Å². The van der Waals surface area contributed by atoms with Crippen LogP contribution in [0.1, 0.15) is 16.2 Å². The molecule has 0 saturated heterocycles. The van der Waals surface area contributed by atoms with E-state index in [0.717, 1.165) is 5.69 Å². The second-order valence-electron chi connectivity index (χ2n) is 4.14. The number of halogens is 1. The molecule has 0 spiro atoms. The number of aromatic nitrogens is 2. The molecular weight excluding hydrogens is 245 g/mol. The lowest BCUT2D eigenvalue weighted by Crippen LogP contribution is -2.29. The van der Waals surface area contributed by atoms with E-state index in [9.17, 15) is 9.18 Å². The summed E-state index contributed by atoms with van der Waals surface area (Å²) >= 11 is 0. The molecule has 0 radical (unpaired) electrons. The summed E-state index contributed by atoms with van der Waals surface area (Å²) in [6.45, 7) is 0.508. The Bertz CT molecular complexity index is 560. The number of carbonyl (C=O) groups is 1. The predicted molar refractivity (Wildman–Crippen MR) is 69.1 cm³/mol. The SMILES string of the molecule is CN(CCc1ccccn1)C(=O)c1cccc(F)n1. The van der Waals surface area contributed by atoms with Gasteiger partial charge in [-0.1, -0.05) is 12.1 Å². The first-order valence-electron chi connectivity index (χ1n) is 5.95. The van der Waals surface area contributed by atoms with Gasteiger partial charge in [0.25, 0.3) is 5.91 Å². The molecule has 2 rings (SSSR count). The van der Waals surface area contributed by atoms with E-state index >= 15 is 0 Å². The minimum atomic E-state index is -0.649. The summed E-state index contributed by atoms with van der Waals surface area (Å²) in [5, 5.41) is 0. The Balaban J connectivity index is 1.96. The smallest absolute Gasteiger partial charge is 0.272 e. The molecule has 19 heavy (non-hydrogen) atoms. The third-order valence-electron chi connectivity index (χ3n) is 2.71.